The molecule has 0 saturated heterocycles. The fourth-order valence-electron chi connectivity index (χ4n) is 3.04. The van der Waals surface area contributed by atoms with Crippen molar-refractivity contribution >= 4 is 5.97 Å². The second-order valence-electron chi connectivity index (χ2n) is 7.82. The van der Waals surface area contributed by atoms with Gasteiger partial charge in [0.2, 0.25) is 0 Å². The smallest absolute Gasteiger partial charge is 0.305 e. The summed E-state index contributed by atoms with van der Waals surface area (Å²) in [6.07, 6.45) is 16.0. The van der Waals surface area contributed by atoms with Gasteiger partial charge in [0.25, 0.3) is 0 Å². The molecule has 1 atom stereocenters. The van der Waals surface area contributed by atoms with E-state index in [9.17, 15) is 4.79 Å². The van der Waals surface area contributed by atoms with Crippen molar-refractivity contribution in [2.45, 2.75) is 103 Å². The Morgan fingerprint density at radius 1 is 0.731 bits per heavy atom. The van der Waals surface area contributed by atoms with Crippen LogP contribution < -0.4 is 0 Å². The number of carbonyl (C=O) groups is 1. The first-order chi connectivity index (χ1) is 12.6. The van der Waals surface area contributed by atoms with Gasteiger partial charge in [-0.1, -0.05) is 84.5 Å². The SMILES string of the molecule is COCC(COC(=O)CCCCCCCCCCCCCC(C)C)OC. The van der Waals surface area contributed by atoms with Crippen molar-refractivity contribution in [1.29, 1.82) is 0 Å². The molecule has 0 rings (SSSR count). The largest absolute Gasteiger partial charge is 0.463 e. The molecule has 0 radical (unpaired) electrons. The molecule has 0 saturated carbocycles. The van der Waals surface area contributed by atoms with Crippen LogP contribution >= 0.6 is 0 Å². The quantitative estimate of drug-likeness (QED) is 0.209. The van der Waals surface area contributed by atoms with Gasteiger partial charge in [0.1, 0.15) is 12.7 Å². The van der Waals surface area contributed by atoms with Crippen LogP contribution in [-0.2, 0) is 19.0 Å². The van der Waals surface area contributed by atoms with Crippen LogP contribution in [0.5, 0.6) is 0 Å². The Labute approximate surface area is 162 Å². The fraction of sp³-hybridized carbons (Fsp3) is 0.955. The van der Waals surface area contributed by atoms with E-state index in [2.05, 4.69) is 13.8 Å². The maximum absolute atomic E-state index is 11.7. The summed E-state index contributed by atoms with van der Waals surface area (Å²) in [5.41, 5.74) is 0. The van der Waals surface area contributed by atoms with Crippen molar-refractivity contribution in [3.05, 3.63) is 0 Å². The molecule has 0 aromatic carbocycles. The van der Waals surface area contributed by atoms with E-state index in [4.69, 9.17) is 14.2 Å². The van der Waals surface area contributed by atoms with Crippen molar-refractivity contribution < 1.29 is 19.0 Å². The molecule has 0 spiro atoms. The minimum Gasteiger partial charge on any atom is -0.463 e. The Balaban J connectivity index is 3.26. The molecule has 0 fully saturated rings. The molecule has 4 heteroatoms. The summed E-state index contributed by atoms with van der Waals surface area (Å²) < 4.78 is 15.4. The van der Waals surface area contributed by atoms with Gasteiger partial charge in [-0.3, -0.25) is 4.79 Å². The molecular weight excluding hydrogens is 328 g/mol. The first-order valence-corrected chi connectivity index (χ1v) is 10.8. The lowest BCUT2D eigenvalue weighted by Crippen LogP contribution is -2.25. The number of hydrogen-bond acceptors (Lipinski definition) is 4. The summed E-state index contributed by atoms with van der Waals surface area (Å²) in [5, 5.41) is 0. The van der Waals surface area contributed by atoms with Gasteiger partial charge in [-0.25, -0.2) is 0 Å². The van der Waals surface area contributed by atoms with Crippen LogP contribution in [0.4, 0.5) is 0 Å². The third-order valence-electron chi connectivity index (χ3n) is 4.78. The van der Waals surface area contributed by atoms with E-state index < -0.39 is 0 Å². The zero-order valence-electron chi connectivity index (χ0n) is 17.9. The summed E-state index contributed by atoms with van der Waals surface area (Å²) >= 11 is 0. The Morgan fingerprint density at radius 2 is 1.23 bits per heavy atom. The van der Waals surface area contributed by atoms with Crippen molar-refractivity contribution in [2.75, 3.05) is 27.4 Å². The van der Waals surface area contributed by atoms with Gasteiger partial charge in [-0.05, 0) is 12.3 Å². The third-order valence-corrected chi connectivity index (χ3v) is 4.78. The number of unbranched alkanes of at least 4 members (excludes halogenated alkanes) is 10. The molecule has 0 aliphatic carbocycles. The second-order valence-corrected chi connectivity index (χ2v) is 7.82. The number of esters is 1. The van der Waals surface area contributed by atoms with Crippen LogP contribution in [0.2, 0.25) is 0 Å². The molecule has 156 valence electrons. The summed E-state index contributed by atoms with van der Waals surface area (Å²) in [6, 6.07) is 0. The van der Waals surface area contributed by atoms with E-state index >= 15 is 0 Å². The standard InChI is InChI=1S/C22H44O4/c1-20(2)16-14-12-10-8-6-5-7-9-11-13-15-17-22(23)26-19-21(25-4)18-24-3/h20-21H,5-19H2,1-4H3. The zero-order valence-corrected chi connectivity index (χ0v) is 17.9. The summed E-state index contributed by atoms with van der Waals surface area (Å²) in [7, 11) is 3.21. The maximum Gasteiger partial charge on any atom is 0.305 e. The van der Waals surface area contributed by atoms with Crippen molar-refractivity contribution in [3.8, 4) is 0 Å². The van der Waals surface area contributed by atoms with Gasteiger partial charge in [-0.2, -0.15) is 0 Å². The lowest BCUT2D eigenvalue weighted by atomic mass is 10.0. The predicted molar refractivity (Wildman–Crippen MR) is 108 cm³/mol. The van der Waals surface area contributed by atoms with E-state index in [0.29, 0.717) is 13.0 Å². The Morgan fingerprint density at radius 3 is 1.69 bits per heavy atom. The van der Waals surface area contributed by atoms with E-state index in [0.717, 1.165) is 18.8 Å². The van der Waals surface area contributed by atoms with Crippen molar-refractivity contribution in [1.82, 2.24) is 0 Å². The first kappa shape index (κ1) is 25.4. The maximum atomic E-state index is 11.7. The Bertz CT molecular complexity index is 305. The molecule has 0 aliphatic rings. The van der Waals surface area contributed by atoms with E-state index in [1.54, 1.807) is 14.2 Å². The lowest BCUT2D eigenvalue weighted by Gasteiger charge is -2.14. The molecule has 0 aliphatic heterocycles. The summed E-state index contributed by atoms with van der Waals surface area (Å²) in [6.45, 7) is 5.34. The summed E-state index contributed by atoms with van der Waals surface area (Å²) in [5.74, 6) is 0.732. The van der Waals surface area contributed by atoms with Gasteiger partial charge in [0, 0.05) is 20.6 Å². The topological polar surface area (TPSA) is 44.8 Å². The Kier molecular flexibility index (Phi) is 18.7. The van der Waals surface area contributed by atoms with Gasteiger partial charge in [0.15, 0.2) is 0 Å². The van der Waals surface area contributed by atoms with E-state index in [1.165, 1.54) is 64.2 Å². The first-order valence-electron chi connectivity index (χ1n) is 10.8. The van der Waals surface area contributed by atoms with E-state index in [1.807, 2.05) is 0 Å². The number of hydrogen-bond donors (Lipinski definition) is 0. The van der Waals surface area contributed by atoms with Crippen LogP contribution in [0, 0.1) is 5.92 Å². The molecule has 0 N–H and O–H groups in total. The van der Waals surface area contributed by atoms with Crippen molar-refractivity contribution in [2.24, 2.45) is 5.92 Å². The Hall–Kier alpha value is -0.610. The number of ether oxygens (including phenoxy) is 3. The van der Waals surface area contributed by atoms with Gasteiger partial charge in [-0.15, -0.1) is 0 Å². The molecule has 0 bridgehead atoms. The molecule has 0 amide bonds. The highest BCUT2D eigenvalue weighted by atomic mass is 16.6. The molecule has 4 nitrogen and oxygen atoms in total. The van der Waals surface area contributed by atoms with Gasteiger partial charge in [0.05, 0.1) is 6.61 Å². The molecule has 0 aromatic heterocycles. The highest BCUT2D eigenvalue weighted by Gasteiger charge is 2.10. The minimum absolute atomic E-state index is 0.124. The van der Waals surface area contributed by atoms with Crippen LogP contribution in [0.1, 0.15) is 97.3 Å². The summed E-state index contributed by atoms with van der Waals surface area (Å²) in [4.78, 5) is 11.7. The molecule has 0 aromatic rings. The zero-order chi connectivity index (χ0) is 19.5. The number of carbonyl (C=O) groups excluding carboxylic acids is 1. The van der Waals surface area contributed by atoms with Crippen LogP contribution in [0.3, 0.4) is 0 Å². The monoisotopic (exact) mass is 372 g/mol. The molecule has 1 unspecified atom stereocenters. The van der Waals surface area contributed by atoms with E-state index in [-0.39, 0.29) is 18.7 Å². The highest BCUT2D eigenvalue weighted by molar-refractivity contribution is 5.69. The fourth-order valence-corrected chi connectivity index (χ4v) is 3.04. The number of rotatable bonds is 19. The van der Waals surface area contributed by atoms with Crippen LogP contribution in [0.15, 0.2) is 0 Å². The normalized spacial score (nSPS) is 12.5. The second kappa shape index (κ2) is 19.2. The van der Waals surface area contributed by atoms with Crippen molar-refractivity contribution in [3.63, 3.8) is 0 Å². The molecule has 26 heavy (non-hydrogen) atoms. The van der Waals surface area contributed by atoms with Gasteiger partial charge < -0.3 is 14.2 Å². The van der Waals surface area contributed by atoms with Gasteiger partial charge >= 0.3 is 5.97 Å². The van der Waals surface area contributed by atoms with Crippen LogP contribution in [-0.4, -0.2) is 39.5 Å². The van der Waals surface area contributed by atoms with Crippen LogP contribution in [0.25, 0.3) is 0 Å². The minimum atomic E-state index is -0.167. The highest BCUT2D eigenvalue weighted by Crippen LogP contribution is 2.14. The average Bonchev–Trinajstić information content (AvgIpc) is 2.62. The predicted octanol–water partition coefficient (Wildman–Crippen LogP) is 5.92. The third kappa shape index (κ3) is 18.2. The molecule has 0 heterocycles. The molecular formula is C22H44O4. The lowest BCUT2D eigenvalue weighted by molar-refractivity contribution is -0.148. The number of methoxy groups -OCH3 is 2. The average molecular weight is 373 g/mol.